The zero-order valence-electron chi connectivity index (χ0n) is 13.4. The lowest BCUT2D eigenvalue weighted by molar-refractivity contribution is -0.121. The molecule has 2 aromatic carbocycles. The van der Waals surface area contributed by atoms with E-state index in [0.29, 0.717) is 11.3 Å². The Morgan fingerprint density at radius 2 is 1.80 bits per heavy atom. The SMILES string of the molecule is Cc1c(-c2ccccc2)oc2c(C(=O)OCC(N)=O)cccc2c1=O. The van der Waals surface area contributed by atoms with Gasteiger partial charge in [0.05, 0.1) is 5.39 Å². The molecule has 6 nitrogen and oxygen atoms in total. The van der Waals surface area contributed by atoms with Crippen molar-refractivity contribution < 1.29 is 18.7 Å². The van der Waals surface area contributed by atoms with Crippen LogP contribution < -0.4 is 11.2 Å². The Hall–Kier alpha value is -3.41. The Balaban J connectivity index is 2.21. The molecule has 2 N–H and O–H groups in total. The number of hydrogen-bond donors (Lipinski definition) is 1. The topological polar surface area (TPSA) is 99.6 Å². The van der Waals surface area contributed by atoms with Gasteiger partial charge in [0.1, 0.15) is 11.3 Å². The largest absolute Gasteiger partial charge is 0.455 e. The highest BCUT2D eigenvalue weighted by Crippen LogP contribution is 2.27. The molecule has 0 aliphatic heterocycles. The van der Waals surface area contributed by atoms with Gasteiger partial charge < -0.3 is 14.9 Å². The van der Waals surface area contributed by atoms with Crippen LogP contribution in [0.2, 0.25) is 0 Å². The van der Waals surface area contributed by atoms with E-state index >= 15 is 0 Å². The van der Waals surface area contributed by atoms with Crippen molar-refractivity contribution in [1.82, 2.24) is 0 Å². The molecule has 3 aromatic rings. The molecular weight excluding hydrogens is 322 g/mol. The van der Waals surface area contributed by atoms with Crippen molar-refractivity contribution in [1.29, 1.82) is 0 Å². The average Bonchev–Trinajstić information content (AvgIpc) is 2.63. The molecule has 0 radical (unpaired) electrons. The van der Waals surface area contributed by atoms with E-state index in [1.165, 1.54) is 6.07 Å². The van der Waals surface area contributed by atoms with Crippen LogP contribution in [0, 0.1) is 6.92 Å². The van der Waals surface area contributed by atoms with Gasteiger partial charge in [-0.25, -0.2) is 4.79 Å². The molecule has 1 aromatic heterocycles. The summed E-state index contributed by atoms with van der Waals surface area (Å²) in [7, 11) is 0. The number of hydrogen-bond acceptors (Lipinski definition) is 5. The van der Waals surface area contributed by atoms with Gasteiger partial charge in [-0.05, 0) is 19.1 Å². The van der Waals surface area contributed by atoms with Gasteiger partial charge in [-0.2, -0.15) is 0 Å². The van der Waals surface area contributed by atoms with Crippen LogP contribution >= 0.6 is 0 Å². The minimum Gasteiger partial charge on any atom is -0.455 e. The van der Waals surface area contributed by atoms with Crippen molar-refractivity contribution in [2.45, 2.75) is 6.92 Å². The van der Waals surface area contributed by atoms with Crippen molar-refractivity contribution in [3.63, 3.8) is 0 Å². The highest BCUT2D eigenvalue weighted by Gasteiger charge is 2.19. The average molecular weight is 337 g/mol. The van der Waals surface area contributed by atoms with E-state index in [1.54, 1.807) is 19.1 Å². The molecule has 1 heterocycles. The van der Waals surface area contributed by atoms with Crippen LogP contribution in [-0.4, -0.2) is 18.5 Å². The van der Waals surface area contributed by atoms with Crippen LogP contribution in [0.4, 0.5) is 0 Å². The second-order valence-corrected chi connectivity index (χ2v) is 5.48. The first-order chi connectivity index (χ1) is 12.0. The van der Waals surface area contributed by atoms with Crippen molar-refractivity contribution in [3.05, 3.63) is 69.9 Å². The summed E-state index contributed by atoms with van der Waals surface area (Å²) in [5, 5.41) is 0.269. The van der Waals surface area contributed by atoms with Crippen molar-refractivity contribution in [2.24, 2.45) is 5.73 Å². The van der Waals surface area contributed by atoms with Crippen molar-refractivity contribution >= 4 is 22.8 Å². The number of nitrogens with two attached hydrogens (primary N) is 1. The summed E-state index contributed by atoms with van der Waals surface area (Å²) in [6.45, 7) is 1.13. The molecule has 0 unspecified atom stereocenters. The van der Waals surface area contributed by atoms with Gasteiger partial charge in [0, 0.05) is 11.1 Å². The molecule has 0 fully saturated rings. The third kappa shape index (κ3) is 3.14. The second kappa shape index (κ2) is 6.60. The van der Waals surface area contributed by atoms with Gasteiger partial charge in [-0.1, -0.05) is 36.4 Å². The fourth-order valence-electron chi connectivity index (χ4n) is 2.55. The zero-order chi connectivity index (χ0) is 18.0. The van der Waals surface area contributed by atoms with E-state index in [2.05, 4.69) is 0 Å². The van der Waals surface area contributed by atoms with Crippen LogP contribution in [0.3, 0.4) is 0 Å². The van der Waals surface area contributed by atoms with E-state index < -0.39 is 18.5 Å². The number of benzene rings is 2. The van der Waals surface area contributed by atoms with Gasteiger partial charge >= 0.3 is 5.97 Å². The quantitative estimate of drug-likeness (QED) is 0.737. The predicted molar refractivity (Wildman–Crippen MR) is 92.1 cm³/mol. The number of esters is 1. The maximum Gasteiger partial charge on any atom is 0.342 e. The van der Waals surface area contributed by atoms with E-state index in [0.717, 1.165) is 5.56 Å². The second-order valence-electron chi connectivity index (χ2n) is 5.48. The number of carbonyl (C=O) groups is 2. The number of ether oxygens (including phenoxy) is 1. The van der Waals surface area contributed by atoms with Gasteiger partial charge in [0.2, 0.25) is 0 Å². The minimum absolute atomic E-state index is 0.0630. The zero-order valence-corrected chi connectivity index (χ0v) is 13.4. The molecule has 1 amide bonds. The Morgan fingerprint density at radius 1 is 1.08 bits per heavy atom. The van der Waals surface area contributed by atoms with Gasteiger partial charge in [0.25, 0.3) is 5.91 Å². The maximum absolute atomic E-state index is 12.7. The van der Waals surface area contributed by atoms with Gasteiger partial charge in [0.15, 0.2) is 17.6 Å². The van der Waals surface area contributed by atoms with Gasteiger partial charge in [-0.15, -0.1) is 0 Å². The van der Waals surface area contributed by atoms with Crippen LogP contribution in [0.15, 0.2) is 57.7 Å². The first-order valence-electron chi connectivity index (χ1n) is 7.56. The Kier molecular flexibility index (Phi) is 4.35. The lowest BCUT2D eigenvalue weighted by Gasteiger charge is -2.10. The molecule has 3 rings (SSSR count). The molecule has 0 atom stereocenters. The standard InChI is InChI=1S/C19H15NO5/c1-11-16(22)13-8-5-9-14(19(23)24-10-15(20)21)18(13)25-17(11)12-6-3-2-4-7-12/h2-9H,10H2,1H3,(H2,20,21). The Labute approximate surface area is 142 Å². The fourth-order valence-corrected chi connectivity index (χ4v) is 2.55. The molecular formula is C19H15NO5. The number of amides is 1. The highest BCUT2D eigenvalue weighted by molar-refractivity contribution is 6.02. The molecule has 25 heavy (non-hydrogen) atoms. The van der Waals surface area contributed by atoms with Crippen molar-refractivity contribution in [3.8, 4) is 11.3 Å². The molecule has 126 valence electrons. The summed E-state index contributed by atoms with van der Waals surface area (Å²) >= 11 is 0. The monoisotopic (exact) mass is 337 g/mol. The van der Waals surface area contributed by atoms with E-state index in [-0.39, 0.29) is 22.0 Å². The highest BCUT2D eigenvalue weighted by atomic mass is 16.5. The van der Waals surface area contributed by atoms with Crippen LogP contribution in [-0.2, 0) is 9.53 Å². The number of carbonyl (C=O) groups excluding carboxylic acids is 2. The van der Waals surface area contributed by atoms with Crippen LogP contribution in [0.25, 0.3) is 22.3 Å². The summed E-state index contributed by atoms with van der Waals surface area (Å²) in [6, 6.07) is 13.7. The van der Waals surface area contributed by atoms with Crippen LogP contribution in [0.1, 0.15) is 15.9 Å². The molecule has 0 bridgehead atoms. The molecule has 0 aliphatic rings. The summed E-state index contributed by atoms with van der Waals surface area (Å²) in [6.07, 6.45) is 0. The first kappa shape index (κ1) is 16.4. The first-order valence-corrected chi connectivity index (χ1v) is 7.56. The minimum atomic E-state index is -0.782. The smallest absolute Gasteiger partial charge is 0.342 e. The molecule has 0 saturated heterocycles. The summed E-state index contributed by atoms with van der Waals surface area (Å²) in [4.78, 5) is 35.7. The van der Waals surface area contributed by atoms with Crippen molar-refractivity contribution in [2.75, 3.05) is 6.61 Å². The molecule has 0 aliphatic carbocycles. The lowest BCUT2D eigenvalue weighted by atomic mass is 10.0. The number of rotatable bonds is 4. The van der Waals surface area contributed by atoms with E-state index in [4.69, 9.17) is 14.9 Å². The number of fused-ring (bicyclic) bond motifs is 1. The third-order valence-electron chi connectivity index (χ3n) is 3.75. The number of primary amides is 1. The summed E-state index contributed by atoms with van der Waals surface area (Å²) in [5.74, 6) is -1.17. The molecule has 0 spiro atoms. The fraction of sp³-hybridized carbons (Fsp3) is 0.105. The summed E-state index contributed by atoms with van der Waals surface area (Å²) in [5.41, 5.74) is 6.10. The Morgan fingerprint density at radius 3 is 2.48 bits per heavy atom. The maximum atomic E-state index is 12.7. The van der Waals surface area contributed by atoms with E-state index in [1.807, 2.05) is 30.3 Å². The molecule has 6 heteroatoms. The molecule has 0 saturated carbocycles. The lowest BCUT2D eigenvalue weighted by Crippen LogP contribution is -2.21. The third-order valence-corrected chi connectivity index (χ3v) is 3.75. The number of para-hydroxylation sites is 1. The van der Waals surface area contributed by atoms with E-state index in [9.17, 15) is 14.4 Å². The predicted octanol–water partition coefficient (Wildman–Crippen LogP) is 2.41. The Bertz CT molecular complexity index is 1020. The van der Waals surface area contributed by atoms with Gasteiger partial charge in [-0.3, -0.25) is 9.59 Å². The normalized spacial score (nSPS) is 10.6. The summed E-state index contributed by atoms with van der Waals surface area (Å²) < 4.78 is 10.7. The van der Waals surface area contributed by atoms with Crippen LogP contribution in [0.5, 0.6) is 0 Å².